The van der Waals surface area contributed by atoms with Crippen LogP contribution >= 0.6 is 45.2 Å². The summed E-state index contributed by atoms with van der Waals surface area (Å²) in [6.45, 7) is 1.14. The monoisotopic (exact) mass is 339 g/mol. The molecule has 3 heteroatoms. The van der Waals surface area contributed by atoms with E-state index in [-0.39, 0.29) is 0 Å². The quantitative estimate of drug-likeness (QED) is 0.609. The Balaban J connectivity index is 2.92. The Hall–Kier alpha value is 1.42. The van der Waals surface area contributed by atoms with Crippen molar-refractivity contribution in [3.63, 3.8) is 0 Å². The topological polar surface area (TPSA) is 12.0 Å². The number of nitrogens with one attached hydrogen (secondary N) is 1. The lowest BCUT2D eigenvalue weighted by Crippen LogP contribution is -2.18. The minimum atomic E-state index is 0.814. The van der Waals surface area contributed by atoms with E-state index in [1.807, 2.05) is 7.05 Å². The normalized spacial score (nSPS) is 13.9. The van der Waals surface area contributed by atoms with Gasteiger partial charge in [0.1, 0.15) is 0 Å². The van der Waals surface area contributed by atoms with Gasteiger partial charge < -0.3 is 5.32 Å². The number of alkyl halides is 2. The van der Waals surface area contributed by atoms with Crippen molar-refractivity contribution in [1.29, 1.82) is 0 Å². The molecule has 1 nitrogen and oxygen atoms in total. The van der Waals surface area contributed by atoms with Crippen molar-refractivity contribution in [3.8, 4) is 0 Å². The van der Waals surface area contributed by atoms with E-state index in [1.54, 1.807) is 0 Å². The predicted octanol–water partition coefficient (Wildman–Crippen LogP) is 1.83. The molecule has 0 bridgehead atoms. The third-order valence-electron chi connectivity index (χ3n) is 0.848. The fraction of sp³-hybridized carbons (Fsp3) is 1.00. The van der Waals surface area contributed by atoms with Gasteiger partial charge in [-0.15, -0.1) is 0 Å². The minimum Gasteiger partial charge on any atom is -0.319 e. The Kier molecular flexibility index (Phi) is 7.70. The number of hydrogen-bond donors (Lipinski definition) is 1. The van der Waals surface area contributed by atoms with Crippen molar-refractivity contribution in [1.82, 2.24) is 5.32 Å². The lowest BCUT2D eigenvalue weighted by molar-refractivity contribution is 0.753. The van der Waals surface area contributed by atoms with Crippen molar-refractivity contribution in [3.05, 3.63) is 0 Å². The zero-order valence-electron chi connectivity index (χ0n) is 4.95. The van der Waals surface area contributed by atoms with E-state index in [4.69, 9.17) is 0 Å². The minimum absolute atomic E-state index is 0.814. The van der Waals surface area contributed by atoms with E-state index < -0.39 is 0 Å². The Bertz CT molecular complexity index is 43.7. The second-order valence-electron chi connectivity index (χ2n) is 1.63. The molecule has 0 aliphatic heterocycles. The van der Waals surface area contributed by atoms with Crippen LogP contribution in [0, 0.1) is 0 Å². The molecule has 0 heterocycles. The fourth-order valence-electron chi connectivity index (χ4n) is 0.442. The molecular formula is C5H11I2N. The van der Waals surface area contributed by atoms with E-state index in [0.29, 0.717) is 0 Å². The highest BCUT2D eigenvalue weighted by atomic mass is 127. The summed E-state index contributed by atoms with van der Waals surface area (Å²) in [7, 11) is 2.00. The van der Waals surface area contributed by atoms with Gasteiger partial charge in [0.05, 0.1) is 0 Å². The van der Waals surface area contributed by atoms with Crippen LogP contribution in [-0.4, -0.2) is 21.9 Å². The van der Waals surface area contributed by atoms with Gasteiger partial charge in [-0.2, -0.15) is 0 Å². The smallest absolute Gasteiger partial charge is 0.0242 e. The van der Waals surface area contributed by atoms with Crippen LogP contribution in [0.5, 0.6) is 0 Å². The SMILES string of the molecule is CNCC(I)CCI. The molecular weight excluding hydrogens is 328 g/mol. The van der Waals surface area contributed by atoms with E-state index in [1.165, 1.54) is 10.8 Å². The molecule has 1 N–H and O–H groups in total. The second kappa shape index (κ2) is 6.54. The summed E-state index contributed by atoms with van der Waals surface area (Å²) in [4.78, 5) is 0. The van der Waals surface area contributed by atoms with E-state index in [2.05, 4.69) is 50.5 Å². The van der Waals surface area contributed by atoms with Gasteiger partial charge in [0.25, 0.3) is 0 Å². The summed E-state index contributed by atoms with van der Waals surface area (Å²) in [6, 6.07) is 0. The molecule has 0 saturated heterocycles. The predicted molar refractivity (Wildman–Crippen MR) is 55.2 cm³/mol. The Morgan fingerprint density at radius 1 is 1.62 bits per heavy atom. The lowest BCUT2D eigenvalue weighted by Gasteiger charge is -2.04. The lowest BCUT2D eigenvalue weighted by atomic mass is 10.3. The Morgan fingerprint density at radius 3 is 2.62 bits per heavy atom. The first-order chi connectivity index (χ1) is 3.81. The van der Waals surface area contributed by atoms with Crippen LogP contribution in [0.25, 0.3) is 0 Å². The number of rotatable bonds is 4. The van der Waals surface area contributed by atoms with Crippen LogP contribution < -0.4 is 5.32 Å². The van der Waals surface area contributed by atoms with Gasteiger partial charge in [0.2, 0.25) is 0 Å². The highest BCUT2D eigenvalue weighted by Crippen LogP contribution is 2.05. The van der Waals surface area contributed by atoms with Crippen LogP contribution in [0.2, 0.25) is 0 Å². The summed E-state index contributed by atoms with van der Waals surface area (Å²) in [5.41, 5.74) is 0. The Labute approximate surface area is 78.3 Å². The molecule has 0 aliphatic rings. The molecule has 0 aliphatic carbocycles. The fourth-order valence-corrected chi connectivity index (χ4v) is 3.14. The summed E-state index contributed by atoms with van der Waals surface area (Å²) < 4.78 is 2.09. The molecule has 1 atom stereocenters. The first-order valence-electron chi connectivity index (χ1n) is 2.66. The molecule has 0 aromatic carbocycles. The first-order valence-corrected chi connectivity index (χ1v) is 5.43. The highest BCUT2D eigenvalue weighted by molar-refractivity contribution is 14.1. The van der Waals surface area contributed by atoms with Gasteiger partial charge in [-0.3, -0.25) is 0 Å². The molecule has 0 fully saturated rings. The molecule has 0 saturated carbocycles. The second-order valence-corrected chi connectivity index (χ2v) is 4.47. The summed E-state index contributed by atoms with van der Waals surface area (Å²) in [5.74, 6) is 0. The molecule has 0 amide bonds. The molecule has 50 valence electrons. The molecule has 0 aromatic heterocycles. The van der Waals surface area contributed by atoms with Crippen molar-refractivity contribution in [2.45, 2.75) is 10.3 Å². The van der Waals surface area contributed by atoms with E-state index >= 15 is 0 Å². The van der Waals surface area contributed by atoms with Gasteiger partial charge in [-0.25, -0.2) is 0 Å². The highest BCUT2D eigenvalue weighted by Gasteiger charge is 1.98. The summed E-state index contributed by atoms with van der Waals surface area (Å²) in [6.07, 6.45) is 1.32. The third kappa shape index (κ3) is 5.55. The molecule has 0 rings (SSSR count). The summed E-state index contributed by atoms with van der Waals surface area (Å²) in [5, 5.41) is 3.14. The zero-order chi connectivity index (χ0) is 6.41. The maximum absolute atomic E-state index is 3.14. The number of hydrogen-bond acceptors (Lipinski definition) is 1. The van der Waals surface area contributed by atoms with E-state index in [9.17, 15) is 0 Å². The van der Waals surface area contributed by atoms with Crippen LogP contribution in [0.3, 0.4) is 0 Å². The molecule has 1 unspecified atom stereocenters. The van der Waals surface area contributed by atoms with Crippen molar-refractivity contribution < 1.29 is 0 Å². The van der Waals surface area contributed by atoms with Gasteiger partial charge in [0.15, 0.2) is 0 Å². The average Bonchev–Trinajstić information content (AvgIpc) is 1.68. The van der Waals surface area contributed by atoms with Gasteiger partial charge >= 0.3 is 0 Å². The standard InChI is InChI=1S/C5H11I2N/c1-8-4-5(7)2-3-6/h5,8H,2-4H2,1H3. The third-order valence-corrected chi connectivity index (χ3v) is 2.53. The molecule has 0 aromatic rings. The molecule has 0 radical (unpaired) electrons. The van der Waals surface area contributed by atoms with Gasteiger partial charge in [-0.1, -0.05) is 45.2 Å². The van der Waals surface area contributed by atoms with Crippen LogP contribution in [0.15, 0.2) is 0 Å². The van der Waals surface area contributed by atoms with Gasteiger partial charge in [0, 0.05) is 14.9 Å². The van der Waals surface area contributed by atoms with Crippen molar-refractivity contribution in [2.24, 2.45) is 0 Å². The zero-order valence-corrected chi connectivity index (χ0v) is 9.27. The van der Waals surface area contributed by atoms with Crippen molar-refractivity contribution >= 4 is 45.2 Å². The van der Waals surface area contributed by atoms with Crippen LogP contribution in [-0.2, 0) is 0 Å². The number of halogens is 2. The molecule has 0 spiro atoms. The van der Waals surface area contributed by atoms with Gasteiger partial charge in [-0.05, 0) is 13.5 Å². The maximum atomic E-state index is 3.14. The maximum Gasteiger partial charge on any atom is 0.0242 e. The average molecular weight is 339 g/mol. The first kappa shape index (κ1) is 9.42. The van der Waals surface area contributed by atoms with Crippen molar-refractivity contribution in [2.75, 3.05) is 18.0 Å². The summed E-state index contributed by atoms with van der Waals surface area (Å²) >= 11 is 4.88. The molecule has 8 heavy (non-hydrogen) atoms. The van der Waals surface area contributed by atoms with E-state index in [0.717, 1.165) is 10.5 Å². The van der Waals surface area contributed by atoms with Crippen LogP contribution in [0.4, 0.5) is 0 Å². The largest absolute Gasteiger partial charge is 0.319 e. The Morgan fingerprint density at radius 2 is 2.25 bits per heavy atom. The van der Waals surface area contributed by atoms with Crippen LogP contribution in [0.1, 0.15) is 6.42 Å².